The van der Waals surface area contributed by atoms with Crippen LogP contribution in [0.4, 0.5) is 0 Å². The molecule has 4 saturated carbocycles. The molecule has 236 valence electrons. The van der Waals surface area contributed by atoms with Gasteiger partial charge in [0.05, 0.1) is 18.2 Å². The Morgan fingerprint density at radius 3 is 2.26 bits per heavy atom. The van der Waals surface area contributed by atoms with Crippen LogP contribution < -0.4 is 5.32 Å². The minimum Gasteiger partial charge on any atom is -0.393 e. The first-order valence-electron chi connectivity index (χ1n) is 17.3. The van der Waals surface area contributed by atoms with Gasteiger partial charge in [0, 0.05) is 32.6 Å². The molecule has 0 aromatic heterocycles. The van der Waals surface area contributed by atoms with E-state index in [0.717, 1.165) is 63.9 Å². The van der Waals surface area contributed by atoms with E-state index in [0.29, 0.717) is 30.7 Å². The summed E-state index contributed by atoms with van der Waals surface area (Å²) in [5, 5.41) is 14.6. The Morgan fingerprint density at radius 2 is 1.60 bits per heavy atom. The topological polar surface area (TPSA) is 72.9 Å². The number of nitrogens with zero attached hydrogens (tertiary/aromatic N) is 2. The summed E-state index contributed by atoms with van der Waals surface area (Å²) < 4.78 is 0. The molecule has 8 atom stereocenters. The smallest absolute Gasteiger partial charge is 0.234 e. The number of fused-ring (bicyclic) bond motifs is 7. The molecule has 0 aromatic rings. The maximum atomic E-state index is 13.8. The monoisotopic (exact) mass is 581 g/mol. The van der Waals surface area contributed by atoms with Gasteiger partial charge in [-0.2, -0.15) is 0 Å². The molecule has 0 radical (unpaired) electrons. The fraction of sp³-hybridized carbons (Fsp3) is 0.889. The van der Waals surface area contributed by atoms with Crippen LogP contribution in [0.3, 0.4) is 0 Å². The van der Waals surface area contributed by atoms with Crippen molar-refractivity contribution in [1.82, 2.24) is 15.1 Å². The van der Waals surface area contributed by atoms with Crippen LogP contribution in [-0.4, -0.2) is 78.0 Å². The molecule has 0 spiro atoms. The summed E-state index contributed by atoms with van der Waals surface area (Å²) >= 11 is 0. The number of nitrogens with one attached hydrogen (secondary N) is 1. The summed E-state index contributed by atoms with van der Waals surface area (Å²) in [6.07, 6.45) is 8.87. The lowest BCUT2D eigenvalue weighted by molar-refractivity contribution is -0.227. The van der Waals surface area contributed by atoms with Crippen LogP contribution in [0.5, 0.6) is 0 Å². The average molecular weight is 582 g/mol. The molecule has 0 aromatic carbocycles. The number of allylic oxidation sites excluding steroid dienone is 1. The molecule has 6 rings (SSSR count). The highest BCUT2D eigenvalue weighted by atomic mass is 16.3. The van der Waals surface area contributed by atoms with Gasteiger partial charge >= 0.3 is 0 Å². The van der Waals surface area contributed by atoms with E-state index in [1.54, 1.807) is 0 Å². The molecule has 42 heavy (non-hydrogen) atoms. The van der Waals surface area contributed by atoms with Gasteiger partial charge in [-0.1, -0.05) is 48.5 Å². The minimum absolute atomic E-state index is 0.0485. The number of carbonyl (C=O) groups excluding carboxylic acids is 2. The Balaban J connectivity index is 1.33. The number of rotatable bonds is 4. The number of hydrogen-bond acceptors (Lipinski definition) is 5. The van der Waals surface area contributed by atoms with Crippen LogP contribution in [0.1, 0.15) is 106 Å². The largest absolute Gasteiger partial charge is 0.393 e. The number of aliphatic hydroxyl groups excluding tert-OH is 1. The van der Waals surface area contributed by atoms with Gasteiger partial charge in [-0.05, 0) is 115 Å². The molecule has 2 N–H and O–H groups in total. The van der Waals surface area contributed by atoms with Gasteiger partial charge in [-0.3, -0.25) is 14.5 Å². The second-order valence-electron chi connectivity index (χ2n) is 17.3. The molecular formula is C36H59N3O3. The lowest BCUT2D eigenvalue weighted by Crippen LogP contribution is -2.67. The molecule has 0 unspecified atom stereocenters. The van der Waals surface area contributed by atoms with E-state index in [-0.39, 0.29) is 45.4 Å². The normalized spacial score (nSPS) is 45.7. The quantitative estimate of drug-likeness (QED) is 0.462. The van der Waals surface area contributed by atoms with Crippen LogP contribution in [0.25, 0.3) is 0 Å². The molecule has 5 fully saturated rings. The van der Waals surface area contributed by atoms with Crippen molar-refractivity contribution in [3.63, 3.8) is 0 Å². The van der Waals surface area contributed by atoms with Crippen molar-refractivity contribution in [2.75, 3.05) is 39.8 Å². The highest BCUT2D eigenvalue weighted by molar-refractivity contribution is 6.02. The van der Waals surface area contributed by atoms with E-state index in [4.69, 9.17) is 0 Å². The van der Waals surface area contributed by atoms with Crippen LogP contribution >= 0.6 is 0 Å². The second-order valence-corrected chi connectivity index (χ2v) is 17.3. The Bertz CT molecular complexity index is 1150. The first-order valence-corrected chi connectivity index (χ1v) is 17.3. The minimum atomic E-state index is -0.508. The highest BCUT2D eigenvalue weighted by Gasteiger charge is 2.70. The third-order valence-corrected chi connectivity index (χ3v) is 14.8. The molecule has 5 aliphatic carbocycles. The van der Waals surface area contributed by atoms with Gasteiger partial charge in [-0.25, -0.2) is 0 Å². The average Bonchev–Trinajstić information content (AvgIpc) is 3.20. The summed E-state index contributed by atoms with van der Waals surface area (Å²) in [4.78, 5) is 32.1. The van der Waals surface area contributed by atoms with E-state index in [2.05, 4.69) is 70.6 Å². The van der Waals surface area contributed by atoms with E-state index >= 15 is 0 Å². The van der Waals surface area contributed by atoms with Gasteiger partial charge < -0.3 is 15.3 Å². The van der Waals surface area contributed by atoms with Crippen LogP contribution in [0.15, 0.2) is 11.1 Å². The lowest BCUT2D eigenvalue weighted by atomic mass is 9.33. The summed E-state index contributed by atoms with van der Waals surface area (Å²) in [5.41, 5.74) is 2.31. The first kappa shape index (κ1) is 30.8. The van der Waals surface area contributed by atoms with E-state index in [1.807, 2.05) is 0 Å². The fourth-order valence-electron chi connectivity index (χ4n) is 12.3. The Labute approximate surface area is 255 Å². The predicted octanol–water partition coefficient (Wildman–Crippen LogP) is 5.44. The number of ketones is 1. The zero-order valence-electron chi connectivity index (χ0n) is 27.9. The van der Waals surface area contributed by atoms with Crippen LogP contribution in [0.2, 0.25) is 0 Å². The molecule has 1 saturated heterocycles. The van der Waals surface area contributed by atoms with Gasteiger partial charge in [0.25, 0.3) is 0 Å². The second kappa shape index (κ2) is 10.1. The highest BCUT2D eigenvalue weighted by Crippen LogP contribution is 2.75. The molecule has 1 amide bonds. The number of piperazine rings is 1. The van der Waals surface area contributed by atoms with Crippen molar-refractivity contribution in [1.29, 1.82) is 0 Å². The summed E-state index contributed by atoms with van der Waals surface area (Å²) in [7, 11) is 2.14. The van der Waals surface area contributed by atoms with Crippen molar-refractivity contribution in [2.45, 2.75) is 118 Å². The number of Topliss-reactive ketones (excluding diaryl/α,β-unsaturated/α-hetero) is 1. The van der Waals surface area contributed by atoms with Crippen molar-refractivity contribution in [2.24, 2.45) is 45.3 Å². The zero-order chi connectivity index (χ0) is 30.5. The summed E-state index contributed by atoms with van der Waals surface area (Å²) in [6, 6.07) is 0. The van der Waals surface area contributed by atoms with Crippen molar-refractivity contribution in [3.05, 3.63) is 11.1 Å². The maximum absolute atomic E-state index is 13.8. The standard InChI is InChI=1S/C36H59N3O3/c1-23(2)30-25(40)21-36(37-29(42)22-39-19-17-38(8)18-20-39)16-15-34(6)24(31(30)36)9-10-27-33(5)13-12-28(41)32(3,4)26(33)11-14-35(27,34)7/h23-24,26-28,41H,9-22H2,1-8H3,(H,37,42)/t24-,26+,27-,28+,33+,34-,35-,36-/m1/s1. The van der Waals surface area contributed by atoms with Crippen LogP contribution in [-0.2, 0) is 9.59 Å². The zero-order valence-corrected chi connectivity index (χ0v) is 27.9. The molecule has 6 heteroatoms. The number of carbonyl (C=O) groups is 2. The van der Waals surface area contributed by atoms with Crippen molar-refractivity contribution in [3.8, 4) is 0 Å². The maximum Gasteiger partial charge on any atom is 0.234 e. The molecule has 1 aliphatic heterocycles. The molecule has 0 bridgehead atoms. The third kappa shape index (κ3) is 4.27. The SMILES string of the molecule is CC(C)C1=C2[C@H]3CC[C@@H]4[C@@]5(C)CC[C@H](O)C(C)(C)[C@@H]5CC[C@@]4(C)[C@]3(C)CC[C@@]2(NC(=O)CN2CCN(C)CC2)CC1=O. The number of likely N-dealkylation sites (N-methyl/N-ethyl adjacent to an activating group) is 1. The van der Waals surface area contributed by atoms with E-state index < -0.39 is 5.54 Å². The molecule has 1 heterocycles. The van der Waals surface area contributed by atoms with E-state index in [1.165, 1.54) is 24.8 Å². The van der Waals surface area contributed by atoms with Gasteiger partial charge in [0.1, 0.15) is 0 Å². The Morgan fingerprint density at radius 1 is 0.905 bits per heavy atom. The van der Waals surface area contributed by atoms with Crippen molar-refractivity contribution < 1.29 is 14.7 Å². The number of hydrogen-bond donors (Lipinski definition) is 2. The molecular weight excluding hydrogens is 522 g/mol. The summed E-state index contributed by atoms with van der Waals surface area (Å²) in [5.74, 6) is 2.04. The van der Waals surface area contributed by atoms with Crippen LogP contribution in [0, 0.1) is 45.3 Å². The fourth-order valence-corrected chi connectivity index (χ4v) is 12.3. The Kier molecular flexibility index (Phi) is 7.43. The van der Waals surface area contributed by atoms with Gasteiger partial charge in [0.15, 0.2) is 5.78 Å². The predicted molar refractivity (Wildman–Crippen MR) is 168 cm³/mol. The van der Waals surface area contributed by atoms with Gasteiger partial charge in [0.2, 0.25) is 5.91 Å². The molecule has 6 nitrogen and oxygen atoms in total. The number of aliphatic hydroxyl groups is 1. The number of amides is 1. The lowest BCUT2D eigenvalue weighted by Gasteiger charge is -2.72. The summed E-state index contributed by atoms with van der Waals surface area (Å²) in [6.45, 7) is 21.0. The molecule has 6 aliphatic rings. The van der Waals surface area contributed by atoms with E-state index in [9.17, 15) is 14.7 Å². The Hall–Kier alpha value is -1.24. The van der Waals surface area contributed by atoms with Gasteiger partial charge in [-0.15, -0.1) is 0 Å². The first-order chi connectivity index (χ1) is 19.6. The van der Waals surface area contributed by atoms with Crippen molar-refractivity contribution >= 4 is 11.7 Å². The third-order valence-electron chi connectivity index (χ3n) is 14.8.